The molecule has 5 rings (SSSR count). The van der Waals surface area contributed by atoms with Crippen LogP contribution >= 0.6 is 0 Å². The number of rotatable bonds is 6. The Morgan fingerprint density at radius 2 is 1.85 bits per heavy atom. The van der Waals surface area contributed by atoms with Crippen molar-refractivity contribution in [2.24, 2.45) is 11.8 Å². The Kier molecular flexibility index (Phi) is 5.53. The summed E-state index contributed by atoms with van der Waals surface area (Å²) in [5, 5.41) is 28.7. The van der Waals surface area contributed by atoms with Crippen molar-refractivity contribution in [3.63, 3.8) is 0 Å². The molecule has 4 unspecified atom stereocenters. The first-order valence-corrected chi connectivity index (χ1v) is 11.3. The third-order valence-corrected chi connectivity index (χ3v) is 7.23. The average Bonchev–Trinajstić information content (AvgIpc) is 3.46. The fourth-order valence-electron chi connectivity index (χ4n) is 5.61. The van der Waals surface area contributed by atoms with Gasteiger partial charge >= 0.3 is 6.18 Å². The van der Waals surface area contributed by atoms with E-state index in [1.165, 1.54) is 31.4 Å². The van der Waals surface area contributed by atoms with Crippen LogP contribution in [0.4, 0.5) is 18.9 Å². The molecule has 0 aliphatic heterocycles. The highest BCUT2D eigenvalue weighted by Gasteiger charge is 2.39. The van der Waals surface area contributed by atoms with Gasteiger partial charge in [-0.05, 0) is 74.4 Å². The van der Waals surface area contributed by atoms with Crippen molar-refractivity contribution >= 4 is 16.7 Å². The van der Waals surface area contributed by atoms with Crippen molar-refractivity contribution in [2.75, 3.05) is 5.32 Å². The number of hydrogen-bond donors (Lipinski definition) is 4. The van der Waals surface area contributed by atoms with Crippen LogP contribution in [-0.4, -0.2) is 16.3 Å². The second-order valence-electron chi connectivity index (χ2n) is 9.29. The molecule has 2 aliphatic rings. The first-order valence-electron chi connectivity index (χ1n) is 11.3. The van der Waals surface area contributed by atoms with Crippen molar-refractivity contribution < 1.29 is 27.8 Å². The Balaban J connectivity index is 1.41. The van der Waals surface area contributed by atoms with Gasteiger partial charge in [-0.25, -0.2) is 0 Å². The standard InChI is InChI=1S/C25H27F3N2O3/c1-13-22(24(32)30-17-6-4-16(5-7-17)25(26,27)28)23-18(20(31)8-9-21(23)33-13)12-29-19-11-14-2-3-15(19)10-14/h4-9,14-15,19,24,29-32H,2-3,10-12H2,1H3. The van der Waals surface area contributed by atoms with Crippen LogP contribution in [0.15, 0.2) is 40.8 Å². The zero-order chi connectivity index (χ0) is 23.3. The Morgan fingerprint density at radius 3 is 2.48 bits per heavy atom. The summed E-state index contributed by atoms with van der Waals surface area (Å²) in [5.41, 5.74) is 1.23. The summed E-state index contributed by atoms with van der Waals surface area (Å²) in [4.78, 5) is 0. The predicted octanol–water partition coefficient (Wildman–Crippen LogP) is 5.85. The molecule has 5 nitrogen and oxygen atoms in total. The van der Waals surface area contributed by atoms with Crippen LogP contribution in [0, 0.1) is 18.8 Å². The summed E-state index contributed by atoms with van der Waals surface area (Å²) in [7, 11) is 0. The third-order valence-electron chi connectivity index (χ3n) is 7.23. The fraction of sp³-hybridized carbons (Fsp3) is 0.440. The lowest BCUT2D eigenvalue weighted by Gasteiger charge is -2.23. The normalized spacial score (nSPS) is 23.4. The third kappa shape index (κ3) is 4.17. The maximum Gasteiger partial charge on any atom is 0.416 e. The van der Waals surface area contributed by atoms with E-state index in [2.05, 4.69) is 10.6 Å². The van der Waals surface area contributed by atoms with Crippen LogP contribution < -0.4 is 10.6 Å². The second-order valence-corrected chi connectivity index (χ2v) is 9.29. The van der Waals surface area contributed by atoms with Gasteiger partial charge in [0.15, 0.2) is 6.23 Å². The lowest BCUT2D eigenvalue weighted by molar-refractivity contribution is -0.137. The Labute approximate surface area is 189 Å². The molecule has 4 atom stereocenters. The van der Waals surface area contributed by atoms with Crippen LogP contribution in [0.25, 0.3) is 11.0 Å². The van der Waals surface area contributed by atoms with Crippen molar-refractivity contribution in [1.82, 2.24) is 5.32 Å². The number of aliphatic hydroxyl groups is 1. The molecular formula is C25H27F3N2O3. The summed E-state index contributed by atoms with van der Waals surface area (Å²) >= 11 is 0. The number of fused-ring (bicyclic) bond motifs is 3. The number of aliphatic hydroxyl groups excluding tert-OH is 1. The number of phenols is 1. The largest absolute Gasteiger partial charge is 0.508 e. The van der Waals surface area contributed by atoms with Crippen molar-refractivity contribution in [1.29, 1.82) is 0 Å². The van der Waals surface area contributed by atoms with E-state index in [-0.39, 0.29) is 5.75 Å². The first kappa shape index (κ1) is 22.1. The van der Waals surface area contributed by atoms with Crippen LogP contribution in [0.2, 0.25) is 0 Å². The predicted molar refractivity (Wildman–Crippen MR) is 119 cm³/mol. The molecule has 0 saturated heterocycles. The number of halogens is 3. The minimum Gasteiger partial charge on any atom is -0.508 e. The SMILES string of the molecule is Cc1oc2ccc(O)c(CNC3CC4CCC3C4)c2c1C(O)Nc1ccc(C(F)(F)F)cc1. The van der Waals surface area contributed by atoms with Gasteiger partial charge in [0.05, 0.1) is 11.1 Å². The summed E-state index contributed by atoms with van der Waals surface area (Å²) in [6.45, 7) is 2.16. The minimum atomic E-state index is -4.42. The molecular weight excluding hydrogens is 433 g/mol. The quantitative estimate of drug-likeness (QED) is 0.347. The number of hydrogen-bond acceptors (Lipinski definition) is 5. The molecule has 1 heterocycles. The summed E-state index contributed by atoms with van der Waals surface area (Å²) < 4.78 is 44.4. The van der Waals surface area contributed by atoms with E-state index in [1.54, 1.807) is 19.1 Å². The Bertz CT molecular complexity index is 1160. The molecule has 0 spiro atoms. The van der Waals surface area contributed by atoms with Gasteiger partial charge in [-0.2, -0.15) is 13.2 Å². The smallest absolute Gasteiger partial charge is 0.416 e. The van der Waals surface area contributed by atoms with E-state index in [9.17, 15) is 23.4 Å². The molecule has 2 bridgehead atoms. The van der Waals surface area contributed by atoms with Gasteiger partial charge < -0.3 is 25.3 Å². The molecule has 2 fully saturated rings. The second kappa shape index (κ2) is 8.25. The molecule has 8 heteroatoms. The monoisotopic (exact) mass is 460 g/mol. The number of anilines is 1. The maximum atomic E-state index is 12.8. The highest BCUT2D eigenvalue weighted by molar-refractivity contribution is 5.88. The van der Waals surface area contributed by atoms with Crippen molar-refractivity contribution in [2.45, 2.75) is 57.6 Å². The Morgan fingerprint density at radius 1 is 1.09 bits per heavy atom. The number of furan rings is 1. The van der Waals surface area contributed by atoms with Crippen molar-refractivity contribution in [3.05, 3.63) is 58.8 Å². The molecule has 2 aliphatic carbocycles. The number of aryl methyl sites for hydroxylation is 1. The summed E-state index contributed by atoms with van der Waals surface area (Å²) in [5.74, 6) is 2.05. The van der Waals surface area contributed by atoms with E-state index in [0.29, 0.717) is 52.0 Å². The van der Waals surface area contributed by atoms with Gasteiger partial charge in [-0.15, -0.1) is 0 Å². The average molecular weight is 460 g/mol. The van der Waals surface area contributed by atoms with E-state index >= 15 is 0 Å². The van der Waals surface area contributed by atoms with Crippen LogP contribution in [0.5, 0.6) is 5.75 Å². The first-order chi connectivity index (χ1) is 15.7. The molecule has 0 amide bonds. The summed E-state index contributed by atoms with van der Waals surface area (Å²) in [6.07, 6.45) is -0.699. The minimum absolute atomic E-state index is 0.113. The molecule has 33 heavy (non-hydrogen) atoms. The molecule has 4 N–H and O–H groups in total. The highest BCUT2D eigenvalue weighted by Crippen LogP contribution is 2.45. The van der Waals surface area contributed by atoms with Gasteiger partial charge in [0.2, 0.25) is 0 Å². The van der Waals surface area contributed by atoms with Crippen molar-refractivity contribution in [3.8, 4) is 5.75 Å². The van der Waals surface area contributed by atoms with Gasteiger partial charge in [0.25, 0.3) is 0 Å². The lowest BCUT2D eigenvalue weighted by atomic mass is 9.94. The van der Waals surface area contributed by atoms with Gasteiger partial charge in [-0.1, -0.05) is 6.42 Å². The topological polar surface area (TPSA) is 77.7 Å². The van der Waals surface area contributed by atoms with Gasteiger partial charge in [-0.3, -0.25) is 0 Å². The van der Waals surface area contributed by atoms with E-state index in [1.807, 2.05) is 0 Å². The molecule has 176 valence electrons. The number of aromatic hydroxyl groups is 1. The highest BCUT2D eigenvalue weighted by atomic mass is 19.4. The number of phenolic OH excluding ortho intramolecular Hbond substituents is 1. The zero-order valence-electron chi connectivity index (χ0n) is 18.2. The fourth-order valence-corrected chi connectivity index (χ4v) is 5.61. The lowest BCUT2D eigenvalue weighted by Crippen LogP contribution is -2.33. The van der Waals surface area contributed by atoms with Gasteiger partial charge in [0, 0.05) is 29.2 Å². The molecule has 1 aromatic heterocycles. The van der Waals surface area contributed by atoms with E-state index in [4.69, 9.17) is 4.42 Å². The molecule has 2 saturated carbocycles. The maximum absolute atomic E-state index is 12.8. The Hall–Kier alpha value is -2.71. The van der Waals surface area contributed by atoms with Crippen LogP contribution in [0.3, 0.4) is 0 Å². The number of benzene rings is 2. The number of alkyl halides is 3. The molecule has 2 aromatic carbocycles. The summed E-state index contributed by atoms with van der Waals surface area (Å²) in [6, 6.07) is 8.15. The van der Waals surface area contributed by atoms with E-state index in [0.717, 1.165) is 24.5 Å². The van der Waals surface area contributed by atoms with Crippen LogP contribution in [-0.2, 0) is 12.7 Å². The zero-order valence-corrected chi connectivity index (χ0v) is 18.2. The molecule has 0 radical (unpaired) electrons. The van der Waals surface area contributed by atoms with Crippen LogP contribution in [0.1, 0.15) is 54.4 Å². The number of nitrogens with one attached hydrogen (secondary N) is 2. The van der Waals surface area contributed by atoms with E-state index < -0.39 is 18.0 Å². The van der Waals surface area contributed by atoms with Gasteiger partial charge in [0.1, 0.15) is 17.1 Å². The molecule has 3 aromatic rings.